The lowest BCUT2D eigenvalue weighted by molar-refractivity contribution is -0.394. The van der Waals surface area contributed by atoms with Gasteiger partial charge in [-0.25, -0.2) is 0 Å². The van der Waals surface area contributed by atoms with Crippen LogP contribution in [0.4, 0.5) is 11.4 Å². The number of nitrogens with two attached hydrogens (primary N) is 1. The fourth-order valence-corrected chi connectivity index (χ4v) is 1.45. The Morgan fingerprint density at radius 1 is 1.21 bits per heavy atom. The second-order valence-electron chi connectivity index (χ2n) is 3.77. The standard InChI is InChI=1S/C10H12N4O5/c1-12(3-2-11)10(15)7-4-8(13(16)17)6-9(5-7)14(18)19/h4-6H,2-3,11H2,1H3. The van der Waals surface area contributed by atoms with Crippen LogP contribution in [0.2, 0.25) is 0 Å². The summed E-state index contributed by atoms with van der Waals surface area (Å²) in [5.74, 6) is -0.558. The summed E-state index contributed by atoms with van der Waals surface area (Å²) in [5, 5.41) is 21.4. The van der Waals surface area contributed by atoms with Crippen LogP contribution in [0, 0.1) is 20.2 Å². The first-order chi connectivity index (χ1) is 8.86. The van der Waals surface area contributed by atoms with Gasteiger partial charge in [0.1, 0.15) is 0 Å². The number of amides is 1. The van der Waals surface area contributed by atoms with Crippen LogP contribution in [-0.4, -0.2) is 40.8 Å². The molecular weight excluding hydrogens is 256 g/mol. The van der Waals surface area contributed by atoms with Gasteiger partial charge in [-0.05, 0) is 0 Å². The molecule has 9 heteroatoms. The highest BCUT2D eigenvalue weighted by molar-refractivity contribution is 5.95. The number of nitrogens with zero attached hydrogens (tertiary/aromatic N) is 3. The van der Waals surface area contributed by atoms with Crippen LogP contribution in [0.25, 0.3) is 0 Å². The monoisotopic (exact) mass is 268 g/mol. The summed E-state index contributed by atoms with van der Waals surface area (Å²) in [6.45, 7) is 0.467. The Morgan fingerprint density at radius 2 is 1.68 bits per heavy atom. The summed E-state index contributed by atoms with van der Waals surface area (Å²) >= 11 is 0. The molecule has 0 spiro atoms. The highest BCUT2D eigenvalue weighted by Crippen LogP contribution is 2.23. The van der Waals surface area contributed by atoms with Crippen molar-refractivity contribution in [1.82, 2.24) is 4.90 Å². The lowest BCUT2D eigenvalue weighted by Gasteiger charge is -2.15. The Balaban J connectivity index is 3.23. The number of rotatable bonds is 5. The first-order valence-electron chi connectivity index (χ1n) is 5.26. The summed E-state index contributed by atoms with van der Waals surface area (Å²) in [6.07, 6.45) is 0. The number of benzene rings is 1. The molecule has 0 saturated heterocycles. The van der Waals surface area contributed by atoms with Gasteiger partial charge in [-0.2, -0.15) is 0 Å². The SMILES string of the molecule is CN(CCN)C(=O)c1cc([N+](=O)[O-])cc([N+](=O)[O-])c1. The normalized spacial score (nSPS) is 10.0. The van der Waals surface area contributed by atoms with Crippen LogP contribution in [0.1, 0.15) is 10.4 Å². The molecule has 0 atom stereocenters. The van der Waals surface area contributed by atoms with Crippen LogP contribution >= 0.6 is 0 Å². The van der Waals surface area contributed by atoms with Crippen LogP contribution in [0.5, 0.6) is 0 Å². The van der Waals surface area contributed by atoms with Crippen molar-refractivity contribution >= 4 is 17.3 Å². The van der Waals surface area contributed by atoms with Gasteiger partial charge in [-0.3, -0.25) is 25.0 Å². The van der Waals surface area contributed by atoms with Gasteiger partial charge in [0.2, 0.25) is 0 Å². The molecule has 0 aromatic heterocycles. The molecule has 0 aliphatic rings. The molecule has 0 fully saturated rings. The van der Waals surface area contributed by atoms with Gasteiger partial charge in [0, 0.05) is 32.3 Å². The van der Waals surface area contributed by atoms with Crippen LogP contribution in [0.3, 0.4) is 0 Å². The largest absolute Gasteiger partial charge is 0.340 e. The van der Waals surface area contributed by atoms with E-state index in [9.17, 15) is 25.0 Å². The number of carbonyl (C=O) groups excluding carboxylic acids is 1. The maximum Gasteiger partial charge on any atom is 0.277 e. The van der Waals surface area contributed by atoms with Gasteiger partial charge < -0.3 is 10.6 Å². The Labute approximate surface area is 107 Å². The van der Waals surface area contributed by atoms with Gasteiger partial charge in [-0.1, -0.05) is 0 Å². The highest BCUT2D eigenvalue weighted by Gasteiger charge is 2.21. The summed E-state index contributed by atoms with van der Waals surface area (Å²) in [5.41, 5.74) is 4.17. The number of hydrogen-bond acceptors (Lipinski definition) is 6. The Bertz CT molecular complexity index is 498. The molecule has 0 heterocycles. The maximum absolute atomic E-state index is 11.9. The molecular formula is C10H12N4O5. The van der Waals surface area contributed by atoms with Gasteiger partial charge in [0.25, 0.3) is 17.3 Å². The molecule has 19 heavy (non-hydrogen) atoms. The van der Waals surface area contributed by atoms with E-state index in [0.717, 1.165) is 18.2 Å². The molecule has 0 radical (unpaired) electrons. The van der Waals surface area contributed by atoms with Crippen molar-refractivity contribution < 1.29 is 14.6 Å². The second-order valence-corrected chi connectivity index (χ2v) is 3.77. The number of nitro benzene ring substituents is 2. The van der Waals surface area contributed by atoms with Gasteiger partial charge in [0.05, 0.1) is 21.5 Å². The zero-order valence-electron chi connectivity index (χ0n) is 10.1. The van der Waals surface area contributed by atoms with Crippen LogP contribution in [0.15, 0.2) is 18.2 Å². The molecule has 1 rings (SSSR count). The van der Waals surface area contributed by atoms with Crippen molar-refractivity contribution in [3.05, 3.63) is 44.0 Å². The lowest BCUT2D eigenvalue weighted by atomic mass is 10.1. The predicted molar refractivity (Wildman–Crippen MR) is 65.8 cm³/mol. The van der Waals surface area contributed by atoms with E-state index in [1.54, 1.807) is 0 Å². The molecule has 0 aliphatic heterocycles. The minimum absolute atomic E-state index is 0.114. The average Bonchev–Trinajstić information content (AvgIpc) is 2.37. The predicted octanol–water partition coefficient (Wildman–Crippen LogP) is 0.534. The van der Waals surface area contributed by atoms with Crippen LogP contribution < -0.4 is 5.73 Å². The fourth-order valence-electron chi connectivity index (χ4n) is 1.45. The fraction of sp³-hybridized carbons (Fsp3) is 0.300. The van der Waals surface area contributed by atoms with E-state index in [0.29, 0.717) is 0 Å². The molecule has 1 aromatic carbocycles. The Kier molecular flexibility index (Phi) is 4.48. The molecule has 0 aliphatic carbocycles. The first-order valence-corrected chi connectivity index (χ1v) is 5.26. The highest BCUT2D eigenvalue weighted by atomic mass is 16.6. The van der Waals surface area contributed by atoms with E-state index in [2.05, 4.69) is 0 Å². The van der Waals surface area contributed by atoms with E-state index in [1.165, 1.54) is 11.9 Å². The Hall–Kier alpha value is -2.55. The second kappa shape index (κ2) is 5.87. The molecule has 1 amide bonds. The van der Waals surface area contributed by atoms with Crippen molar-refractivity contribution in [3.63, 3.8) is 0 Å². The lowest BCUT2D eigenvalue weighted by Crippen LogP contribution is -2.31. The number of carbonyl (C=O) groups is 1. The topological polar surface area (TPSA) is 133 Å². The Morgan fingerprint density at radius 3 is 2.05 bits per heavy atom. The third kappa shape index (κ3) is 3.45. The van der Waals surface area contributed by atoms with Crippen molar-refractivity contribution in [2.45, 2.75) is 0 Å². The van der Waals surface area contributed by atoms with Crippen molar-refractivity contribution in [2.75, 3.05) is 20.1 Å². The smallest absolute Gasteiger partial charge is 0.277 e. The van der Waals surface area contributed by atoms with Crippen LogP contribution in [-0.2, 0) is 0 Å². The summed E-state index contributed by atoms with van der Waals surface area (Å²) < 4.78 is 0. The molecule has 0 saturated carbocycles. The molecule has 9 nitrogen and oxygen atoms in total. The zero-order chi connectivity index (χ0) is 14.6. The third-order valence-electron chi connectivity index (χ3n) is 2.38. The van der Waals surface area contributed by atoms with Crippen molar-refractivity contribution in [1.29, 1.82) is 0 Å². The van der Waals surface area contributed by atoms with E-state index in [1.807, 2.05) is 0 Å². The van der Waals surface area contributed by atoms with E-state index < -0.39 is 27.1 Å². The van der Waals surface area contributed by atoms with Gasteiger partial charge in [-0.15, -0.1) is 0 Å². The molecule has 102 valence electrons. The number of hydrogen-bond donors (Lipinski definition) is 1. The minimum atomic E-state index is -0.785. The van der Waals surface area contributed by atoms with E-state index in [-0.39, 0.29) is 18.7 Å². The maximum atomic E-state index is 11.9. The van der Waals surface area contributed by atoms with Crippen molar-refractivity contribution in [2.24, 2.45) is 5.73 Å². The summed E-state index contributed by atoms with van der Waals surface area (Å²) in [4.78, 5) is 32.9. The summed E-state index contributed by atoms with van der Waals surface area (Å²) in [6, 6.07) is 2.81. The summed E-state index contributed by atoms with van der Waals surface area (Å²) in [7, 11) is 1.46. The van der Waals surface area contributed by atoms with E-state index in [4.69, 9.17) is 5.73 Å². The zero-order valence-corrected chi connectivity index (χ0v) is 10.1. The number of nitro groups is 2. The molecule has 0 bridgehead atoms. The molecule has 1 aromatic rings. The molecule has 2 N–H and O–H groups in total. The third-order valence-corrected chi connectivity index (χ3v) is 2.38. The van der Waals surface area contributed by atoms with Crippen molar-refractivity contribution in [3.8, 4) is 0 Å². The van der Waals surface area contributed by atoms with Gasteiger partial charge in [0.15, 0.2) is 0 Å². The quantitative estimate of drug-likeness (QED) is 0.611. The van der Waals surface area contributed by atoms with Gasteiger partial charge >= 0.3 is 0 Å². The molecule has 0 unspecified atom stereocenters. The average molecular weight is 268 g/mol. The minimum Gasteiger partial charge on any atom is -0.340 e. The van der Waals surface area contributed by atoms with E-state index >= 15 is 0 Å². The number of likely N-dealkylation sites (N-methyl/N-ethyl adjacent to an activating group) is 1. The number of non-ortho nitro benzene ring substituents is 2. The first kappa shape index (κ1) is 14.5.